The summed E-state index contributed by atoms with van der Waals surface area (Å²) in [5, 5.41) is 26.9. The van der Waals surface area contributed by atoms with Gasteiger partial charge in [-0.2, -0.15) is 0 Å². The summed E-state index contributed by atoms with van der Waals surface area (Å²) in [6, 6.07) is 11.0. The van der Waals surface area contributed by atoms with Gasteiger partial charge in [-0.05, 0) is 35.1 Å². The van der Waals surface area contributed by atoms with E-state index < -0.39 is 53.8 Å². The van der Waals surface area contributed by atoms with E-state index in [1.54, 1.807) is 0 Å². The molecule has 2 aromatic carbocycles. The van der Waals surface area contributed by atoms with E-state index in [4.69, 9.17) is 0 Å². The molecule has 5 N–H and O–H groups in total. The number of aromatic amines is 1. The highest BCUT2D eigenvalue weighted by Crippen LogP contribution is 2.23. The molecule has 3 rings (SSSR count). The van der Waals surface area contributed by atoms with Gasteiger partial charge in [0.1, 0.15) is 12.6 Å². The number of carboxylic acid groups (broad SMARTS) is 1. The number of benzene rings is 2. The molecule has 2 unspecified atom stereocenters. The first-order valence-corrected chi connectivity index (χ1v) is 14.7. The van der Waals surface area contributed by atoms with Crippen LogP contribution in [0.1, 0.15) is 37.9 Å². The van der Waals surface area contributed by atoms with E-state index >= 15 is 0 Å². The molecule has 1 aromatic heterocycles. The summed E-state index contributed by atoms with van der Waals surface area (Å²) in [7, 11) is 2.65. The predicted octanol–water partition coefficient (Wildman–Crippen LogP) is 1.45. The molecule has 13 heteroatoms. The highest BCUT2D eigenvalue weighted by molar-refractivity contribution is 5.93. The van der Waals surface area contributed by atoms with Crippen molar-refractivity contribution in [2.24, 2.45) is 11.8 Å². The van der Waals surface area contributed by atoms with Gasteiger partial charge in [0.2, 0.25) is 17.7 Å². The number of carboxylic acids is 1. The maximum Gasteiger partial charge on any atom is 0.334 e. The second-order valence-electron chi connectivity index (χ2n) is 11.4. The van der Waals surface area contributed by atoms with E-state index in [0.717, 1.165) is 16.3 Å². The molecule has 0 radical (unpaired) electrons. The van der Waals surface area contributed by atoms with Gasteiger partial charge in [0.15, 0.2) is 6.10 Å². The largest absolute Gasteiger partial charge is 0.479 e. The van der Waals surface area contributed by atoms with E-state index in [9.17, 15) is 34.2 Å². The average molecular weight is 624 g/mol. The molecule has 4 atom stereocenters. The van der Waals surface area contributed by atoms with Crippen LogP contribution in [0.5, 0.6) is 0 Å². The molecule has 0 aliphatic carbocycles. The SMILES string of the molecule is COC(=O)CN(C)C(=O)CC(Cc1cccc2ccccc12)C(=O)N[C@@H](Cc1cnc[nH]1)C(=O)N[C@@H](CC(C)C)C(O)C(=O)O. The average Bonchev–Trinajstić information content (AvgIpc) is 3.52. The molecule has 0 aliphatic rings. The number of carbonyl (C=O) groups is 5. The molecule has 242 valence electrons. The number of methoxy groups -OCH3 is 1. The number of aromatic nitrogens is 2. The van der Waals surface area contributed by atoms with E-state index in [0.29, 0.717) is 5.69 Å². The molecule has 45 heavy (non-hydrogen) atoms. The smallest absolute Gasteiger partial charge is 0.334 e. The Morgan fingerprint density at radius 1 is 1.00 bits per heavy atom. The molecule has 0 fully saturated rings. The molecule has 0 saturated heterocycles. The topological polar surface area (TPSA) is 191 Å². The molecule has 3 aromatic rings. The fourth-order valence-electron chi connectivity index (χ4n) is 5.05. The Labute approximate surface area is 261 Å². The molecule has 1 heterocycles. The summed E-state index contributed by atoms with van der Waals surface area (Å²) in [6.45, 7) is 3.35. The number of carbonyl (C=O) groups excluding carboxylic acids is 4. The molecule has 0 spiro atoms. The van der Waals surface area contributed by atoms with E-state index in [2.05, 4.69) is 25.3 Å². The quantitative estimate of drug-likeness (QED) is 0.147. The van der Waals surface area contributed by atoms with Gasteiger partial charge in [-0.1, -0.05) is 56.3 Å². The second-order valence-corrected chi connectivity index (χ2v) is 11.4. The summed E-state index contributed by atoms with van der Waals surface area (Å²) < 4.78 is 4.66. The lowest BCUT2D eigenvalue weighted by molar-refractivity contribution is -0.149. The summed E-state index contributed by atoms with van der Waals surface area (Å²) in [4.78, 5) is 72.1. The number of aliphatic carboxylic acids is 1. The van der Waals surface area contributed by atoms with Crippen LogP contribution in [0.4, 0.5) is 0 Å². The van der Waals surface area contributed by atoms with E-state index in [1.165, 1.54) is 31.6 Å². The fourth-order valence-corrected chi connectivity index (χ4v) is 5.05. The van der Waals surface area contributed by atoms with Crippen molar-refractivity contribution in [1.82, 2.24) is 25.5 Å². The first-order valence-electron chi connectivity index (χ1n) is 14.7. The molecule has 13 nitrogen and oxygen atoms in total. The Kier molecular flexibility index (Phi) is 12.6. The lowest BCUT2D eigenvalue weighted by Crippen LogP contribution is -2.56. The number of esters is 1. The highest BCUT2D eigenvalue weighted by Gasteiger charge is 2.33. The van der Waals surface area contributed by atoms with Crippen LogP contribution in [-0.2, 0) is 41.6 Å². The third-order valence-electron chi connectivity index (χ3n) is 7.46. The fraction of sp³-hybridized carbons (Fsp3) is 0.438. The molecule has 0 bridgehead atoms. The van der Waals surface area contributed by atoms with Gasteiger partial charge < -0.3 is 35.5 Å². The number of hydrogen-bond donors (Lipinski definition) is 5. The van der Waals surface area contributed by atoms with Crippen LogP contribution in [0.25, 0.3) is 10.8 Å². The number of H-pyrrole nitrogens is 1. The zero-order chi connectivity index (χ0) is 33.1. The number of nitrogens with zero attached hydrogens (tertiary/aromatic N) is 2. The number of amides is 3. The molecular weight excluding hydrogens is 582 g/mol. The Balaban J connectivity index is 1.92. The number of aliphatic hydroxyl groups excluding tert-OH is 1. The molecule has 0 saturated carbocycles. The molecular formula is C32H41N5O8. The van der Waals surface area contributed by atoms with Gasteiger partial charge in [-0.15, -0.1) is 0 Å². The Hall–Kier alpha value is -4.78. The van der Waals surface area contributed by atoms with Crippen LogP contribution in [0.2, 0.25) is 0 Å². The Morgan fingerprint density at radius 2 is 1.71 bits per heavy atom. The van der Waals surface area contributed by atoms with Crippen LogP contribution >= 0.6 is 0 Å². The number of ether oxygens (including phenoxy) is 1. The third kappa shape index (κ3) is 10.1. The zero-order valence-electron chi connectivity index (χ0n) is 25.9. The standard InChI is InChI=1S/C32H41N5O8/c1-19(2)12-25(29(40)32(43)44)35-31(42)26(15-23-16-33-18-34-23)36-30(41)22(14-27(38)37(3)17-28(39)45-4)13-21-10-7-9-20-8-5-6-11-24(20)21/h5-11,16,18-19,22,25-26,29,40H,12-15,17H2,1-4H3,(H,33,34)(H,35,42)(H,36,41)(H,43,44)/t22?,25-,26-,29?/m0/s1. The number of rotatable bonds is 16. The van der Waals surface area contributed by atoms with Crippen LogP contribution in [0.15, 0.2) is 55.0 Å². The number of hydrogen-bond acceptors (Lipinski definition) is 8. The van der Waals surface area contributed by atoms with Gasteiger partial charge in [0.05, 0.1) is 25.4 Å². The van der Waals surface area contributed by atoms with Crippen LogP contribution in [0.3, 0.4) is 0 Å². The first kappa shape index (κ1) is 34.7. The molecule has 0 aliphatic heterocycles. The maximum atomic E-state index is 13.9. The minimum atomic E-state index is -1.86. The van der Waals surface area contributed by atoms with Crippen LogP contribution < -0.4 is 10.6 Å². The van der Waals surface area contributed by atoms with Crippen molar-refractivity contribution in [3.05, 3.63) is 66.2 Å². The van der Waals surface area contributed by atoms with Crippen molar-refractivity contribution in [2.45, 2.75) is 57.7 Å². The number of nitrogens with one attached hydrogen (secondary N) is 3. The maximum absolute atomic E-state index is 13.9. The lowest BCUT2D eigenvalue weighted by Gasteiger charge is -2.27. The minimum Gasteiger partial charge on any atom is -0.479 e. The number of imidazole rings is 1. The lowest BCUT2D eigenvalue weighted by atomic mass is 9.91. The second kappa shape index (κ2) is 16.3. The number of fused-ring (bicyclic) bond motifs is 1. The minimum absolute atomic E-state index is 0.0215. The third-order valence-corrected chi connectivity index (χ3v) is 7.46. The summed E-state index contributed by atoms with van der Waals surface area (Å²) in [6.07, 6.45) is 1.08. The van der Waals surface area contributed by atoms with Crippen molar-refractivity contribution in [2.75, 3.05) is 20.7 Å². The summed E-state index contributed by atoms with van der Waals surface area (Å²) >= 11 is 0. The van der Waals surface area contributed by atoms with Gasteiger partial charge >= 0.3 is 11.9 Å². The van der Waals surface area contributed by atoms with Crippen molar-refractivity contribution in [3.63, 3.8) is 0 Å². The van der Waals surface area contributed by atoms with Crippen molar-refractivity contribution >= 4 is 40.4 Å². The van der Waals surface area contributed by atoms with Crippen molar-refractivity contribution in [1.29, 1.82) is 0 Å². The number of likely N-dealkylation sites (N-methyl/N-ethyl adjacent to an activating group) is 1. The Morgan fingerprint density at radius 3 is 2.36 bits per heavy atom. The highest BCUT2D eigenvalue weighted by atomic mass is 16.5. The monoisotopic (exact) mass is 623 g/mol. The van der Waals surface area contributed by atoms with Crippen molar-refractivity contribution in [3.8, 4) is 0 Å². The van der Waals surface area contributed by atoms with Gasteiger partial charge in [-0.3, -0.25) is 19.2 Å². The number of aliphatic hydroxyl groups is 1. The van der Waals surface area contributed by atoms with Gasteiger partial charge in [0.25, 0.3) is 0 Å². The van der Waals surface area contributed by atoms with Crippen LogP contribution in [-0.4, -0.2) is 93.6 Å². The van der Waals surface area contributed by atoms with E-state index in [-0.39, 0.29) is 38.1 Å². The first-order chi connectivity index (χ1) is 21.4. The van der Waals surface area contributed by atoms with Crippen LogP contribution in [0, 0.1) is 11.8 Å². The van der Waals surface area contributed by atoms with Gasteiger partial charge in [-0.25, -0.2) is 9.78 Å². The summed E-state index contributed by atoms with van der Waals surface area (Å²) in [5.41, 5.74) is 1.34. The molecule has 3 amide bonds. The van der Waals surface area contributed by atoms with E-state index in [1.807, 2.05) is 56.3 Å². The predicted molar refractivity (Wildman–Crippen MR) is 165 cm³/mol. The van der Waals surface area contributed by atoms with Gasteiger partial charge in [0, 0.05) is 31.8 Å². The Bertz CT molecular complexity index is 1470. The normalized spacial score (nSPS) is 13.8. The van der Waals surface area contributed by atoms with Crippen molar-refractivity contribution < 1.29 is 38.9 Å². The summed E-state index contributed by atoms with van der Waals surface area (Å²) in [5.74, 6) is -4.88. The zero-order valence-corrected chi connectivity index (χ0v) is 25.9.